The minimum absolute atomic E-state index is 0.0304. The number of carbonyl (C=O) groups is 4. The lowest BCUT2D eigenvalue weighted by Gasteiger charge is -2.26. The van der Waals surface area contributed by atoms with Crippen molar-refractivity contribution in [2.75, 3.05) is 0 Å². The smallest absolute Gasteiger partial charge is 0.226 e. The lowest BCUT2D eigenvalue weighted by Crippen LogP contribution is -2.40. The molecule has 1 heterocycles. The molecule has 2 amide bonds. The molecule has 0 radical (unpaired) electrons. The Morgan fingerprint density at radius 1 is 1.16 bits per heavy atom. The Morgan fingerprint density at radius 2 is 1.79 bits per heavy atom. The van der Waals surface area contributed by atoms with E-state index in [9.17, 15) is 19.2 Å². The van der Waals surface area contributed by atoms with Crippen LogP contribution in [0.3, 0.4) is 0 Å². The highest BCUT2D eigenvalue weighted by Crippen LogP contribution is 2.29. The molecule has 2 fully saturated rings. The number of ketones is 2. The highest BCUT2D eigenvalue weighted by molar-refractivity contribution is 6.04. The zero-order valence-corrected chi connectivity index (χ0v) is 11.1. The van der Waals surface area contributed by atoms with Crippen LogP contribution in [0.2, 0.25) is 0 Å². The average Bonchev–Trinajstić information content (AvgIpc) is 2.31. The van der Waals surface area contributed by atoms with Crippen LogP contribution in [-0.2, 0) is 19.2 Å². The van der Waals surface area contributed by atoms with Gasteiger partial charge in [0.15, 0.2) is 0 Å². The van der Waals surface area contributed by atoms with Gasteiger partial charge in [-0.25, -0.2) is 0 Å². The summed E-state index contributed by atoms with van der Waals surface area (Å²) < 4.78 is 0. The third-order valence-corrected chi connectivity index (χ3v) is 4.06. The van der Waals surface area contributed by atoms with E-state index in [2.05, 4.69) is 5.32 Å². The summed E-state index contributed by atoms with van der Waals surface area (Å²) in [6.45, 7) is 1.86. The first kappa shape index (κ1) is 13.9. The van der Waals surface area contributed by atoms with Gasteiger partial charge >= 0.3 is 0 Å². The van der Waals surface area contributed by atoms with Crippen LogP contribution in [0, 0.1) is 17.8 Å². The largest absolute Gasteiger partial charge is 0.299 e. The molecule has 1 aliphatic heterocycles. The Kier molecular flexibility index (Phi) is 4.12. The van der Waals surface area contributed by atoms with Gasteiger partial charge in [0.05, 0.1) is 5.92 Å². The maximum atomic E-state index is 12.2. The van der Waals surface area contributed by atoms with Crippen molar-refractivity contribution in [3.05, 3.63) is 0 Å². The van der Waals surface area contributed by atoms with Crippen molar-refractivity contribution in [3.63, 3.8) is 0 Å². The van der Waals surface area contributed by atoms with Crippen LogP contribution in [0.1, 0.15) is 45.4 Å². The molecule has 1 aliphatic carbocycles. The van der Waals surface area contributed by atoms with Gasteiger partial charge < -0.3 is 0 Å². The van der Waals surface area contributed by atoms with Crippen LogP contribution in [0.4, 0.5) is 0 Å². The maximum absolute atomic E-state index is 12.2. The number of amides is 2. The average molecular weight is 265 g/mol. The number of carbonyl (C=O) groups excluding carboxylic acids is 4. The van der Waals surface area contributed by atoms with Crippen molar-refractivity contribution in [3.8, 4) is 0 Å². The van der Waals surface area contributed by atoms with Gasteiger partial charge in [-0.3, -0.25) is 24.5 Å². The molecule has 19 heavy (non-hydrogen) atoms. The molecule has 104 valence electrons. The fraction of sp³-hybridized carbons (Fsp3) is 0.714. The predicted molar refractivity (Wildman–Crippen MR) is 67.0 cm³/mol. The minimum Gasteiger partial charge on any atom is -0.299 e. The standard InChI is InChI=1S/C14H19NO4/c1-8-3-2-4-10(14(8)19)11(16)5-9-6-12(17)15-13(18)7-9/h8-10H,2-7H2,1H3,(H,15,17,18)/t8-,10+/m0/s1. The minimum atomic E-state index is -0.510. The summed E-state index contributed by atoms with van der Waals surface area (Å²) in [5, 5.41) is 2.22. The van der Waals surface area contributed by atoms with Gasteiger partial charge in [-0.15, -0.1) is 0 Å². The predicted octanol–water partition coefficient (Wildman–Crippen LogP) is 1.00. The molecule has 0 aromatic heterocycles. The van der Waals surface area contributed by atoms with Crippen LogP contribution < -0.4 is 5.32 Å². The number of Topliss-reactive ketones (excluding diaryl/α,β-unsaturated/α-hetero) is 2. The lowest BCUT2D eigenvalue weighted by atomic mass is 9.76. The normalized spacial score (nSPS) is 29.2. The molecule has 0 aromatic rings. The van der Waals surface area contributed by atoms with Gasteiger partial charge in [-0.05, 0) is 18.8 Å². The van der Waals surface area contributed by atoms with Gasteiger partial charge in [0.2, 0.25) is 11.8 Å². The maximum Gasteiger partial charge on any atom is 0.226 e. The van der Waals surface area contributed by atoms with E-state index in [4.69, 9.17) is 0 Å². The van der Waals surface area contributed by atoms with E-state index in [0.717, 1.165) is 12.8 Å². The van der Waals surface area contributed by atoms with Crippen molar-refractivity contribution < 1.29 is 19.2 Å². The second-order valence-electron chi connectivity index (χ2n) is 5.70. The molecule has 0 aromatic carbocycles. The Labute approximate surface area is 112 Å². The van der Waals surface area contributed by atoms with Crippen molar-refractivity contribution in [2.45, 2.75) is 45.4 Å². The molecule has 0 spiro atoms. The molecule has 5 nitrogen and oxygen atoms in total. The number of nitrogens with one attached hydrogen (secondary N) is 1. The highest BCUT2D eigenvalue weighted by atomic mass is 16.2. The summed E-state index contributed by atoms with van der Waals surface area (Å²) in [6, 6.07) is 0. The number of hydrogen-bond acceptors (Lipinski definition) is 4. The molecular weight excluding hydrogens is 246 g/mol. The van der Waals surface area contributed by atoms with Crippen LogP contribution >= 0.6 is 0 Å². The second kappa shape index (κ2) is 5.63. The zero-order chi connectivity index (χ0) is 14.0. The number of hydrogen-bond donors (Lipinski definition) is 1. The molecule has 0 bridgehead atoms. The van der Waals surface area contributed by atoms with Gasteiger partial charge in [0.25, 0.3) is 0 Å². The molecule has 5 heteroatoms. The SMILES string of the molecule is C[C@H]1CCC[C@H](C(=O)CC2CC(=O)NC(=O)C2)C1=O. The summed E-state index contributed by atoms with van der Waals surface area (Å²) in [5.74, 6) is -1.50. The quantitative estimate of drug-likeness (QED) is 0.610. The summed E-state index contributed by atoms with van der Waals surface area (Å²) >= 11 is 0. The zero-order valence-electron chi connectivity index (χ0n) is 11.1. The van der Waals surface area contributed by atoms with E-state index < -0.39 is 5.92 Å². The van der Waals surface area contributed by atoms with E-state index in [-0.39, 0.29) is 54.5 Å². The molecular formula is C14H19NO4. The Hall–Kier alpha value is -1.52. The molecule has 1 N–H and O–H groups in total. The Bertz CT molecular complexity index is 413. The Morgan fingerprint density at radius 3 is 2.42 bits per heavy atom. The van der Waals surface area contributed by atoms with Gasteiger partial charge in [-0.2, -0.15) is 0 Å². The first-order valence-electron chi connectivity index (χ1n) is 6.86. The van der Waals surface area contributed by atoms with E-state index in [1.807, 2.05) is 6.92 Å². The van der Waals surface area contributed by atoms with Crippen molar-refractivity contribution in [2.24, 2.45) is 17.8 Å². The fourth-order valence-corrected chi connectivity index (χ4v) is 3.00. The van der Waals surface area contributed by atoms with Crippen molar-refractivity contribution in [1.82, 2.24) is 5.32 Å². The number of piperidine rings is 1. The van der Waals surface area contributed by atoms with Crippen LogP contribution in [0.25, 0.3) is 0 Å². The van der Waals surface area contributed by atoms with Crippen LogP contribution in [0.15, 0.2) is 0 Å². The summed E-state index contributed by atoms with van der Waals surface area (Å²) in [5.41, 5.74) is 0. The molecule has 0 unspecified atom stereocenters. The molecule has 2 atom stereocenters. The van der Waals surface area contributed by atoms with E-state index in [1.165, 1.54) is 0 Å². The fourth-order valence-electron chi connectivity index (χ4n) is 3.00. The second-order valence-corrected chi connectivity index (χ2v) is 5.70. The third kappa shape index (κ3) is 3.28. The number of imide groups is 1. The third-order valence-electron chi connectivity index (χ3n) is 4.06. The van der Waals surface area contributed by atoms with Crippen molar-refractivity contribution >= 4 is 23.4 Å². The van der Waals surface area contributed by atoms with Gasteiger partial charge in [0, 0.05) is 25.2 Å². The number of rotatable bonds is 3. The molecule has 1 saturated heterocycles. The first-order chi connectivity index (χ1) is 8.97. The van der Waals surface area contributed by atoms with E-state index >= 15 is 0 Å². The lowest BCUT2D eigenvalue weighted by molar-refractivity contribution is -0.138. The highest BCUT2D eigenvalue weighted by Gasteiger charge is 2.35. The van der Waals surface area contributed by atoms with Gasteiger partial charge in [0.1, 0.15) is 11.6 Å². The van der Waals surface area contributed by atoms with E-state index in [0.29, 0.717) is 6.42 Å². The first-order valence-corrected chi connectivity index (χ1v) is 6.86. The monoisotopic (exact) mass is 265 g/mol. The Balaban J connectivity index is 1.95. The summed E-state index contributed by atoms with van der Waals surface area (Å²) in [4.78, 5) is 46.6. The molecule has 1 saturated carbocycles. The summed E-state index contributed by atoms with van der Waals surface area (Å²) in [7, 11) is 0. The topological polar surface area (TPSA) is 80.3 Å². The molecule has 2 aliphatic rings. The van der Waals surface area contributed by atoms with Crippen LogP contribution in [0.5, 0.6) is 0 Å². The van der Waals surface area contributed by atoms with Gasteiger partial charge in [-0.1, -0.05) is 13.3 Å². The van der Waals surface area contributed by atoms with Crippen LogP contribution in [-0.4, -0.2) is 23.4 Å². The summed E-state index contributed by atoms with van der Waals surface area (Å²) in [6.07, 6.45) is 2.94. The van der Waals surface area contributed by atoms with Crippen molar-refractivity contribution in [1.29, 1.82) is 0 Å². The van der Waals surface area contributed by atoms with E-state index in [1.54, 1.807) is 0 Å². The molecule has 2 rings (SSSR count).